The van der Waals surface area contributed by atoms with Gasteiger partial charge in [-0.15, -0.1) is 0 Å². The average molecular weight is 632 g/mol. The molecule has 2 aliphatic heterocycles. The lowest BCUT2D eigenvalue weighted by Crippen LogP contribution is -2.37. The first kappa shape index (κ1) is 32.0. The molecule has 3 aliphatic rings. The molecule has 3 heterocycles. The minimum absolute atomic E-state index is 0.0156. The number of rotatable bonds is 10. The molecular formula is C36H46FN5O4. The van der Waals surface area contributed by atoms with Gasteiger partial charge in [-0.25, -0.2) is 9.18 Å². The van der Waals surface area contributed by atoms with Crippen molar-refractivity contribution in [3.8, 4) is 11.1 Å². The number of carbonyl (C=O) groups excluding carboxylic acids is 3. The predicted octanol–water partition coefficient (Wildman–Crippen LogP) is 6.48. The van der Waals surface area contributed by atoms with Crippen LogP contribution in [-0.2, 0) is 11.2 Å². The summed E-state index contributed by atoms with van der Waals surface area (Å²) in [5.74, 6) is -0.938. The fraction of sp³-hybridized carbons (Fsp3) is 0.528. The van der Waals surface area contributed by atoms with Crippen molar-refractivity contribution in [1.29, 1.82) is 0 Å². The number of fused-ring (bicyclic) bond motifs is 3. The van der Waals surface area contributed by atoms with Gasteiger partial charge in [0.05, 0.1) is 11.1 Å². The van der Waals surface area contributed by atoms with E-state index in [1.807, 2.05) is 12.1 Å². The summed E-state index contributed by atoms with van der Waals surface area (Å²) >= 11 is 0. The second-order valence-corrected chi connectivity index (χ2v) is 13.4. The highest BCUT2D eigenvalue weighted by Gasteiger charge is 2.39. The van der Waals surface area contributed by atoms with Gasteiger partial charge in [0.25, 0.3) is 5.91 Å². The van der Waals surface area contributed by atoms with Crippen LogP contribution in [0.4, 0.5) is 14.9 Å². The number of likely N-dealkylation sites (tertiary alicyclic amines) is 1. The van der Waals surface area contributed by atoms with Gasteiger partial charge in [0.1, 0.15) is 11.9 Å². The Morgan fingerprint density at radius 2 is 1.76 bits per heavy atom. The van der Waals surface area contributed by atoms with E-state index in [9.17, 15) is 18.8 Å². The maximum absolute atomic E-state index is 14.5. The van der Waals surface area contributed by atoms with Crippen LogP contribution < -0.4 is 16.4 Å². The van der Waals surface area contributed by atoms with Gasteiger partial charge in [-0.3, -0.25) is 14.2 Å². The van der Waals surface area contributed by atoms with Crippen LogP contribution in [0.3, 0.4) is 0 Å². The Kier molecular flexibility index (Phi) is 9.36. The van der Waals surface area contributed by atoms with E-state index < -0.39 is 5.91 Å². The van der Waals surface area contributed by atoms with Crippen molar-refractivity contribution in [1.82, 2.24) is 14.8 Å². The Morgan fingerprint density at radius 1 is 1.02 bits per heavy atom. The van der Waals surface area contributed by atoms with Crippen LogP contribution >= 0.6 is 0 Å². The summed E-state index contributed by atoms with van der Waals surface area (Å²) in [5, 5.41) is 7.25. The van der Waals surface area contributed by atoms with Gasteiger partial charge in [-0.1, -0.05) is 19.9 Å². The molecule has 9 nitrogen and oxygen atoms in total. The zero-order valence-corrected chi connectivity index (χ0v) is 27.0. The van der Waals surface area contributed by atoms with Gasteiger partial charge in [0.2, 0.25) is 5.91 Å². The molecule has 1 aromatic heterocycles. The van der Waals surface area contributed by atoms with Crippen molar-refractivity contribution in [3.63, 3.8) is 0 Å². The number of hydrogen-bond acceptors (Lipinski definition) is 6. The fourth-order valence-corrected chi connectivity index (χ4v) is 7.75. The van der Waals surface area contributed by atoms with E-state index in [1.165, 1.54) is 25.0 Å². The molecule has 1 aliphatic carbocycles. The lowest BCUT2D eigenvalue weighted by molar-refractivity contribution is 0.0726. The third-order valence-electron chi connectivity index (χ3n) is 10.6. The number of nitrogens with two attached hydrogens (primary N) is 1. The van der Waals surface area contributed by atoms with E-state index in [1.54, 1.807) is 16.7 Å². The number of carbonyl (C=O) groups is 3. The summed E-state index contributed by atoms with van der Waals surface area (Å²) in [6, 6.07) is 10.2. The summed E-state index contributed by atoms with van der Waals surface area (Å²) in [5.41, 5.74) is 9.86. The number of primary amides is 1. The molecule has 6 rings (SSSR count). The van der Waals surface area contributed by atoms with Gasteiger partial charge in [-0.05, 0) is 112 Å². The third-order valence-corrected chi connectivity index (χ3v) is 10.6. The van der Waals surface area contributed by atoms with E-state index in [-0.39, 0.29) is 35.4 Å². The van der Waals surface area contributed by atoms with Crippen LogP contribution in [0.25, 0.3) is 22.0 Å². The molecule has 2 aromatic carbocycles. The molecule has 10 heteroatoms. The number of amides is 2. The van der Waals surface area contributed by atoms with E-state index in [4.69, 9.17) is 10.5 Å². The van der Waals surface area contributed by atoms with Crippen LogP contribution in [0.1, 0.15) is 92.5 Å². The summed E-state index contributed by atoms with van der Waals surface area (Å²) in [4.78, 5) is 40.8. The first-order chi connectivity index (χ1) is 22.2. The SMILES string of the molecule is CCC1(CC)CC(=O)n2c(c(-c3ccc(C(N)=O)c(NC4CCC(OC(=O)NCCN5CCCC5)CC4)c3)c3ccc(F)cc32)C1. The molecule has 2 fully saturated rings. The van der Waals surface area contributed by atoms with Crippen molar-refractivity contribution >= 4 is 34.5 Å². The van der Waals surface area contributed by atoms with Crippen LogP contribution in [0.15, 0.2) is 36.4 Å². The lowest BCUT2D eigenvalue weighted by atomic mass is 9.72. The quantitative estimate of drug-likeness (QED) is 0.236. The number of hydrogen-bond donors (Lipinski definition) is 3. The van der Waals surface area contributed by atoms with Crippen LogP contribution in [0, 0.1) is 11.2 Å². The number of ether oxygens (including phenoxy) is 1. The van der Waals surface area contributed by atoms with Gasteiger partial charge in [0, 0.05) is 47.9 Å². The number of anilines is 1. The van der Waals surface area contributed by atoms with Gasteiger partial charge < -0.3 is 26.0 Å². The second-order valence-electron chi connectivity index (χ2n) is 13.4. The zero-order valence-electron chi connectivity index (χ0n) is 27.0. The molecule has 2 amide bonds. The van der Waals surface area contributed by atoms with E-state index in [0.717, 1.165) is 67.5 Å². The average Bonchev–Trinajstić information content (AvgIpc) is 3.67. The monoisotopic (exact) mass is 631 g/mol. The van der Waals surface area contributed by atoms with Crippen molar-refractivity contribution < 1.29 is 23.5 Å². The van der Waals surface area contributed by atoms with Gasteiger partial charge in [-0.2, -0.15) is 0 Å². The minimum Gasteiger partial charge on any atom is -0.446 e. The van der Waals surface area contributed by atoms with Gasteiger partial charge in [0.15, 0.2) is 0 Å². The molecule has 0 spiro atoms. The Morgan fingerprint density at radius 3 is 2.46 bits per heavy atom. The van der Waals surface area contributed by atoms with E-state index >= 15 is 0 Å². The maximum atomic E-state index is 14.5. The Labute approximate surface area is 270 Å². The van der Waals surface area contributed by atoms with E-state index in [0.29, 0.717) is 49.0 Å². The van der Waals surface area contributed by atoms with Crippen molar-refractivity contribution in [3.05, 3.63) is 53.5 Å². The summed E-state index contributed by atoms with van der Waals surface area (Å²) in [7, 11) is 0. The molecule has 246 valence electrons. The van der Waals surface area contributed by atoms with Crippen LogP contribution in [0.5, 0.6) is 0 Å². The molecular weight excluding hydrogens is 585 g/mol. The summed E-state index contributed by atoms with van der Waals surface area (Å²) in [6.45, 7) is 7.87. The summed E-state index contributed by atoms with van der Waals surface area (Å²) < 4.78 is 21.9. The highest BCUT2D eigenvalue weighted by molar-refractivity contribution is 6.06. The number of nitrogens with zero attached hydrogens (tertiary/aromatic N) is 2. The molecule has 3 aromatic rings. The topological polar surface area (TPSA) is 119 Å². The van der Waals surface area contributed by atoms with Crippen molar-refractivity contribution in [2.75, 3.05) is 31.5 Å². The minimum atomic E-state index is -0.534. The normalized spacial score (nSPS) is 21.2. The third kappa shape index (κ3) is 6.49. The number of alkyl carbamates (subject to hydrolysis) is 1. The Bertz CT molecular complexity index is 1620. The first-order valence-corrected chi connectivity index (χ1v) is 16.9. The smallest absolute Gasteiger partial charge is 0.407 e. The molecule has 46 heavy (non-hydrogen) atoms. The largest absolute Gasteiger partial charge is 0.446 e. The number of aromatic nitrogens is 1. The first-order valence-electron chi connectivity index (χ1n) is 16.9. The molecule has 1 saturated carbocycles. The highest BCUT2D eigenvalue weighted by atomic mass is 19.1. The maximum Gasteiger partial charge on any atom is 0.407 e. The molecule has 4 N–H and O–H groups in total. The molecule has 0 unspecified atom stereocenters. The van der Waals surface area contributed by atoms with Crippen LogP contribution in [0.2, 0.25) is 0 Å². The Balaban J connectivity index is 1.21. The number of benzene rings is 2. The number of nitrogens with one attached hydrogen (secondary N) is 2. The summed E-state index contributed by atoms with van der Waals surface area (Å²) in [6.07, 6.45) is 7.74. The second kappa shape index (κ2) is 13.4. The van der Waals surface area contributed by atoms with E-state index in [2.05, 4.69) is 29.4 Å². The van der Waals surface area contributed by atoms with Crippen molar-refractivity contribution in [2.45, 2.75) is 90.2 Å². The molecule has 0 bridgehead atoms. The highest BCUT2D eigenvalue weighted by Crippen LogP contribution is 2.46. The van der Waals surface area contributed by atoms with Crippen molar-refractivity contribution in [2.24, 2.45) is 11.1 Å². The number of halogens is 1. The lowest BCUT2D eigenvalue weighted by Gasteiger charge is -2.36. The fourth-order valence-electron chi connectivity index (χ4n) is 7.75. The standard InChI is InChI=1S/C36H46FN5O4/c1-3-36(4-2)21-31-33(28-14-8-24(37)20-30(28)42(31)32(43)22-36)23-7-13-27(34(38)44)29(19-23)40-25-9-11-26(12-10-25)46-35(45)39-15-18-41-16-5-6-17-41/h7-8,13-14,19-20,25-26,40H,3-6,9-12,15-18,21-22H2,1-2H3,(H2,38,44)(H,39,45). The molecule has 0 atom stereocenters. The van der Waals surface area contributed by atoms with Gasteiger partial charge >= 0.3 is 6.09 Å². The zero-order chi connectivity index (χ0) is 32.4. The molecule has 0 radical (unpaired) electrons. The van der Waals surface area contributed by atoms with Crippen LogP contribution in [-0.4, -0.2) is 65.7 Å². The molecule has 1 saturated heterocycles. The Hall–Kier alpha value is -3.92. The predicted molar refractivity (Wildman–Crippen MR) is 178 cm³/mol.